The second kappa shape index (κ2) is 11.8. The molecule has 0 heterocycles. The molecule has 0 bridgehead atoms. The van der Waals surface area contributed by atoms with E-state index in [9.17, 15) is 9.59 Å². The van der Waals surface area contributed by atoms with Crippen LogP contribution in [0.15, 0.2) is 42.5 Å². The number of carbonyl (C=O) groups excluding carboxylic acids is 2. The number of nitrogens with zero attached hydrogens (tertiary/aromatic N) is 1. The Balaban J connectivity index is 2.28. The average molecular weight is 429 g/mol. The lowest BCUT2D eigenvalue weighted by atomic mass is 10.0. The Kier molecular flexibility index (Phi) is 9.38. The average Bonchev–Trinajstić information content (AvgIpc) is 2.72. The van der Waals surface area contributed by atoms with Crippen molar-refractivity contribution in [3.05, 3.63) is 69.7 Å². The Morgan fingerprint density at radius 2 is 1.80 bits per heavy atom. The van der Waals surface area contributed by atoms with Crippen molar-refractivity contribution in [1.82, 2.24) is 10.2 Å². The van der Waals surface area contributed by atoms with Gasteiger partial charge in [-0.2, -0.15) is 0 Å². The minimum atomic E-state index is -0.530. The van der Waals surface area contributed by atoms with Gasteiger partial charge in [0, 0.05) is 18.1 Å². The minimum Gasteiger partial charge on any atom is -0.354 e. The summed E-state index contributed by atoms with van der Waals surface area (Å²) in [5.41, 5.74) is 4.14. The number of unbranched alkanes of at least 4 members (excludes halogenated alkanes) is 1. The predicted octanol–water partition coefficient (Wildman–Crippen LogP) is 5.22. The summed E-state index contributed by atoms with van der Waals surface area (Å²) >= 11 is 6.36. The van der Waals surface area contributed by atoms with Gasteiger partial charge in [0.25, 0.3) is 0 Å². The molecule has 0 aliphatic rings. The number of benzene rings is 2. The van der Waals surface area contributed by atoms with Gasteiger partial charge in [-0.15, -0.1) is 0 Å². The Morgan fingerprint density at radius 3 is 2.43 bits per heavy atom. The quantitative estimate of drug-likeness (QED) is 0.527. The summed E-state index contributed by atoms with van der Waals surface area (Å²) in [6, 6.07) is 13.0. The molecule has 5 heteroatoms. The number of carbonyl (C=O) groups is 2. The van der Waals surface area contributed by atoms with Gasteiger partial charge < -0.3 is 10.2 Å². The zero-order chi connectivity index (χ0) is 22.1. The fourth-order valence-electron chi connectivity index (χ4n) is 3.43. The molecule has 0 aliphatic heterocycles. The van der Waals surface area contributed by atoms with E-state index < -0.39 is 6.04 Å². The van der Waals surface area contributed by atoms with Gasteiger partial charge in [-0.25, -0.2) is 0 Å². The van der Waals surface area contributed by atoms with Crippen molar-refractivity contribution >= 4 is 23.4 Å². The highest BCUT2D eigenvalue weighted by molar-refractivity contribution is 6.31. The smallest absolute Gasteiger partial charge is 0.242 e. The fourth-order valence-corrected chi connectivity index (χ4v) is 3.62. The molecule has 1 N–H and O–H groups in total. The molecule has 0 unspecified atom stereocenters. The van der Waals surface area contributed by atoms with E-state index in [1.54, 1.807) is 4.90 Å². The van der Waals surface area contributed by atoms with E-state index in [0.29, 0.717) is 24.5 Å². The normalized spacial score (nSPS) is 11.8. The van der Waals surface area contributed by atoms with Crippen molar-refractivity contribution in [3.63, 3.8) is 0 Å². The Bertz CT molecular complexity index is 866. The second-order valence-electron chi connectivity index (χ2n) is 7.78. The lowest BCUT2D eigenvalue weighted by Gasteiger charge is -2.31. The standard InChI is InChI=1S/C25H33ClN2O2/c1-5-7-14-27-25(30)23(6-2)28(17-21-10-8-9-11-22(21)26)24(29)16-20-13-12-18(3)19(4)15-20/h8-13,15,23H,5-7,14,16-17H2,1-4H3,(H,27,30)/t23-/m0/s1. The molecule has 0 spiro atoms. The van der Waals surface area contributed by atoms with Crippen LogP contribution in [0.2, 0.25) is 5.02 Å². The number of aryl methyl sites for hydroxylation is 2. The summed E-state index contributed by atoms with van der Waals surface area (Å²) in [6.07, 6.45) is 2.72. The monoisotopic (exact) mass is 428 g/mol. The summed E-state index contributed by atoms with van der Waals surface area (Å²) in [6.45, 7) is 9.05. The SMILES string of the molecule is CCCCNC(=O)[C@H](CC)N(Cc1ccccc1Cl)C(=O)Cc1ccc(C)c(C)c1. The molecule has 1 atom stereocenters. The van der Waals surface area contributed by atoms with Crippen molar-refractivity contribution in [3.8, 4) is 0 Å². The van der Waals surface area contributed by atoms with E-state index in [2.05, 4.69) is 19.2 Å². The summed E-state index contributed by atoms with van der Waals surface area (Å²) in [7, 11) is 0. The predicted molar refractivity (Wildman–Crippen MR) is 124 cm³/mol. The van der Waals surface area contributed by atoms with Crippen molar-refractivity contribution in [1.29, 1.82) is 0 Å². The number of amides is 2. The molecule has 0 saturated carbocycles. The third-order valence-electron chi connectivity index (χ3n) is 5.44. The van der Waals surface area contributed by atoms with Crippen LogP contribution < -0.4 is 5.32 Å². The third-order valence-corrected chi connectivity index (χ3v) is 5.81. The summed E-state index contributed by atoms with van der Waals surface area (Å²) in [5, 5.41) is 3.58. The van der Waals surface area contributed by atoms with E-state index in [1.165, 1.54) is 5.56 Å². The van der Waals surface area contributed by atoms with Gasteiger partial charge >= 0.3 is 0 Å². The van der Waals surface area contributed by atoms with Crippen molar-refractivity contribution in [2.75, 3.05) is 6.54 Å². The molecule has 0 aliphatic carbocycles. The summed E-state index contributed by atoms with van der Waals surface area (Å²) in [4.78, 5) is 27.9. The van der Waals surface area contributed by atoms with Crippen molar-refractivity contribution < 1.29 is 9.59 Å². The van der Waals surface area contributed by atoms with Gasteiger partial charge in [0.15, 0.2) is 0 Å². The van der Waals surface area contributed by atoms with E-state index in [4.69, 9.17) is 11.6 Å². The third kappa shape index (κ3) is 6.60. The number of halogens is 1. The number of hydrogen-bond acceptors (Lipinski definition) is 2. The lowest BCUT2D eigenvalue weighted by molar-refractivity contribution is -0.140. The van der Waals surface area contributed by atoms with Crippen LogP contribution in [0.5, 0.6) is 0 Å². The lowest BCUT2D eigenvalue weighted by Crippen LogP contribution is -2.49. The first-order chi connectivity index (χ1) is 14.4. The maximum absolute atomic E-state index is 13.4. The first-order valence-corrected chi connectivity index (χ1v) is 11.1. The van der Waals surface area contributed by atoms with E-state index >= 15 is 0 Å². The topological polar surface area (TPSA) is 49.4 Å². The fraction of sp³-hybridized carbons (Fsp3) is 0.440. The van der Waals surface area contributed by atoms with Crippen LogP contribution in [0, 0.1) is 13.8 Å². The zero-order valence-corrected chi connectivity index (χ0v) is 19.3. The summed E-state index contributed by atoms with van der Waals surface area (Å²) in [5.74, 6) is -0.179. The van der Waals surface area contributed by atoms with E-state index in [1.807, 2.05) is 56.3 Å². The number of hydrogen-bond donors (Lipinski definition) is 1. The van der Waals surface area contributed by atoms with Gasteiger partial charge in [-0.1, -0.05) is 68.3 Å². The molecule has 0 fully saturated rings. The van der Waals surface area contributed by atoms with E-state index in [-0.39, 0.29) is 18.2 Å². The number of nitrogens with one attached hydrogen (secondary N) is 1. The molecule has 2 aromatic rings. The van der Waals surface area contributed by atoms with Crippen LogP contribution in [0.1, 0.15) is 55.4 Å². The molecule has 2 amide bonds. The highest BCUT2D eigenvalue weighted by atomic mass is 35.5. The zero-order valence-electron chi connectivity index (χ0n) is 18.5. The van der Waals surface area contributed by atoms with Gasteiger partial charge in [-0.3, -0.25) is 9.59 Å². The van der Waals surface area contributed by atoms with Crippen LogP contribution in [0.4, 0.5) is 0 Å². The van der Waals surface area contributed by atoms with Gasteiger partial charge in [-0.05, 0) is 55.0 Å². The maximum atomic E-state index is 13.4. The molecule has 0 saturated heterocycles. The highest BCUT2D eigenvalue weighted by Crippen LogP contribution is 2.21. The summed E-state index contributed by atoms with van der Waals surface area (Å²) < 4.78 is 0. The molecular formula is C25H33ClN2O2. The molecule has 0 radical (unpaired) electrons. The molecule has 2 rings (SSSR count). The van der Waals surface area contributed by atoms with Crippen LogP contribution in [0.25, 0.3) is 0 Å². The molecule has 2 aromatic carbocycles. The van der Waals surface area contributed by atoms with Crippen LogP contribution in [-0.2, 0) is 22.6 Å². The molecule has 30 heavy (non-hydrogen) atoms. The van der Waals surface area contributed by atoms with Gasteiger partial charge in [0.1, 0.15) is 6.04 Å². The van der Waals surface area contributed by atoms with Gasteiger partial charge in [0.2, 0.25) is 11.8 Å². The Labute approximate surface area is 185 Å². The van der Waals surface area contributed by atoms with Crippen LogP contribution in [-0.4, -0.2) is 29.3 Å². The van der Waals surface area contributed by atoms with Gasteiger partial charge in [0.05, 0.1) is 6.42 Å². The second-order valence-corrected chi connectivity index (χ2v) is 8.18. The van der Waals surface area contributed by atoms with Crippen molar-refractivity contribution in [2.24, 2.45) is 0 Å². The molecule has 4 nitrogen and oxygen atoms in total. The first-order valence-electron chi connectivity index (χ1n) is 10.7. The molecular weight excluding hydrogens is 396 g/mol. The van der Waals surface area contributed by atoms with Crippen LogP contribution in [0.3, 0.4) is 0 Å². The Hall–Kier alpha value is -2.33. The molecule has 0 aromatic heterocycles. The minimum absolute atomic E-state index is 0.0735. The maximum Gasteiger partial charge on any atom is 0.242 e. The van der Waals surface area contributed by atoms with E-state index in [0.717, 1.165) is 29.5 Å². The highest BCUT2D eigenvalue weighted by Gasteiger charge is 2.29. The van der Waals surface area contributed by atoms with Crippen LogP contribution >= 0.6 is 11.6 Å². The molecule has 162 valence electrons. The largest absolute Gasteiger partial charge is 0.354 e. The van der Waals surface area contributed by atoms with Crippen molar-refractivity contribution in [2.45, 2.75) is 66.0 Å². The number of rotatable bonds is 10. The first kappa shape index (κ1) is 23.9. The Morgan fingerprint density at radius 1 is 1.07 bits per heavy atom.